The van der Waals surface area contributed by atoms with Gasteiger partial charge in [-0.05, 0) is 24.0 Å². The van der Waals surface area contributed by atoms with Crippen molar-refractivity contribution in [2.24, 2.45) is 5.92 Å². The average Bonchev–Trinajstić information content (AvgIpc) is 2.29. The zero-order valence-corrected chi connectivity index (χ0v) is 10.6. The Kier molecular flexibility index (Phi) is 5.67. The summed E-state index contributed by atoms with van der Waals surface area (Å²) in [6.45, 7) is 4.36. The highest BCUT2D eigenvalue weighted by Crippen LogP contribution is 2.17. The van der Waals surface area contributed by atoms with Gasteiger partial charge in [0.25, 0.3) is 0 Å². The predicted octanol–water partition coefficient (Wildman–Crippen LogP) is 3.54. The lowest BCUT2D eigenvalue weighted by molar-refractivity contribution is 0.0695. The summed E-state index contributed by atoms with van der Waals surface area (Å²) in [6, 6.07) is 1.58. The van der Waals surface area contributed by atoms with E-state index in [1.54, 1.807) is 12.3 Å². The van der Waals surface area contributed by atoms with Gasteiger partial charge in [0.05, 0.1) is 5.56 Å². The Morgan fingerprint density at radius 2 is 2.24 bits per heavy atom. The minimum absolute atomic E-state index is 0.391. The van der Waals surface area contributed by atoms with Gasteiger partial charge in [-0.3, -0.25) is 4.98 Å². The second-order valence-electron chi connectivity index (χ2n) is 4.64. The highest BCUT2D eigenvalue weighted by atomic mass is 16.4. The number of carbonyl (C=O) groups is 1. The molecule has 17 heavy (non-hydrogen) atoms. The summed E-state index contributed by atoms with van der Waals surface area (Å²) in [4.78, 5) is 15.0. The molecular formula is C14H21NO2. The molecule has 1 rings (SSSR count). The monoisotopic (exact) mass is 235 g/mol. The summed E-state index contributed by atoms with van der Waals surface area (Å²) in [5.74, 6) is -0.341. The van der Waals surface area contributed by atoms with Crippen LogP contribution in [0.25, 0.3) is 0 Å². The van der Waals surface area contributed by atoms with Crippen LogP contribution in [0.1, 0.15) is 55.5 Å². The number of rotatable bonds is 7. The van der Waals surface area contributed by atoms with Crippen molar-refractivity contribution >= 4 is 5.97 Å². The molecule has 0 saturated heterocycles. The normalized spacial score (nSPS) is 12.4. The zero-order chi connectivity index (χ0) is 12.7. The maximum atomic E-state index is 11.0. The molecule has 0 radical (unpaired) electrons. The number of carboxylic acid groups (broad SMARTS) is 1. The molecule has 1 aromatic heterocycles. The maximum absolute atomic E-state index is 11.0. The molecule has 1 aromatic rings. The van der Waals surface area contributed by atoms with E-state index >= 15 is 0 Å². The molecule has 0 fully saturated rings. The van der Waals surface area contributed by atoms with E-state index in [1.807, 2.05) is 0 Å². The molecule has 0 aromatic carbocycles. The Labute approximate surface area is 103 Å². The molecule has 3 nitrogen and oxygen atoms in total. The van der Waals surface area contributed by atoms with E-state index in [4.69, 9.17) is 5.11 Å². The van der Waals surface area contributed by atoms with Crippen LogP contribution in [0.3, 0.4) is 0 Å². The van der Waals surface area contributed by atoms with Crippen LogP contribution >= 0.6 is 0 Å². The third-order valence-electron chi connectivity index (χ3n) is 3.00. The molecule has 1 unspecified atom stereocenters. The first-order chi connectivity index (χ1) is 8.15. The van der Waals surface area contributed by atoms with Gasteiger partial charge in [-0.15, -0.1) is 0 Å². The van der Waals surface area contributed by atoms with Crippen LogP contribution in [0, 0.1) is 5.92 Å². The van der Waals surface area contributed by atoms with E-state index < -0.39 is 5.97 Å². The Balaban J connectivity index is 2.58. The SMILES string of the molecule is CCCCCC(C)Cc1cnccc1C(=O)O. The largest absolute Gasteiger partial charge is 0.478 e. The standard InChI is InChI=1S/C14H21NO2/c1-3-4-5-6-11(2)9-12-10-15-8-7-13(12)14(16)17/h7-8,10-11H,3-6,9H2,1-2H3,(H,16,17). The lowest BCUT2D eigenvalue weighted by Gasteiger charge is -2.12. The fraction of sp³-hybridized carbons (Fsp3) is 0.571. The quantitative estimate of drug-likeness (QED) is 0.735. The van der Waals surface area contributed by atoms with E-state index in [0.717, 1.165) is 18.4 Å². The molecule has 94 valence electrons. The first-order valence-electron chi connectivity index (χ1n) is 6.31. The highest BCUT2D eigenvalue weighted by molar-refractivity contribution is 5.89. The third-order valence-corrected chi connectivity index (χ3v) is 3.00. The van der Waals surface area contributed by atoms with Gasteiger partial charge in [0.15, 0.2) is 0 Å². The smallest absolute Gasteiger partial charge is 0.336 e. The van der Waals surface area contributed by atoms with Crippen molar-refractivity contribution in [1.29, 1.82) is 0 Å². The van der Waals surface area contributed by atoms with Crippen LogP contribution in [0.15, 0.2) is 18.5 Å². The second kappa shape index (κ2) is 7.05. The Morgan fingerprint density at radius 1 is 1.47 bits per heavy atom. The minimum Gasteiger partial charge on any atom is -0.478 e. The number of hydrogen-bond donors (Lipinski definition) is 1. The van der Waals surface area contributed by atoms with Crippen molar-refractivity contribution in [1.82, 2.24) is 4.98 Å². The highest BCUT2D eigenvalue weighted by Gasteiger charge is 2.12. The number of hydrogen-bond acceptors (Lipinski definition) is 2. The molecule has 1 heterocycles. The topological polar surface area (TPSA) is 50.2 Å². The van der Waals surface area contributed by atoms with E-state index in [-0.39, 0.29) is 0 Å². The number of pyridine rings is 1. The molecule has 0 saturated carbocycles. The summed E-state index contributed by atoms with van der Waals surface area (Å²) in [5.41, 5.74) is 1.24. The molecule has 0 aliphatic heterocycles. The van der Waals surface area contributed by atoms with Crippen molar-refractivity contribution < 1.29 is 9.90 Å². The molecule has 0 amide bonds. The van der Waals surface area contributed by atoms with E-state index in [2.05, 4.69) is 18.8 Å². The third kappa shape index (κ3) is 4.55. The average molecular weight is 235 g/mol. The van der Waals surface area contributed by atoms with Gasteiger partial charge >= 0.3 is 5.97 Å². The lowest BCUT2D eigenvalue weighted by atomic mass is 9.94. The summed E-state index contributed by atoms with van der Waals surface area (Å²) in [5, 5.41) is 9.06. The van der Waals surface area contributed by atoms with Gasteiger partial charge in [-0.2, -0.15) is 0 Å². The molecule has 1 N–H and O–H groups in total. The van der Waals surface area contributed by atoms with Crippen molar-refractivity contribution in [2.45, 2.75) is 46.0 Å². The number of unbranched alkanes of at least 4 members (excludes halogenated alkanes) is 2. The Bertz CT molecular complexity index is 363. The van der Waals surface area contributed by atoms with E-state index in [1.165, 1.54) is 25.5 Å². The number of aromatic carboxylic acids is 1. The van der Waals surface area contributed by atoms with E-state index in [9.17, 15) is 4.79 Å². The molecular weight excluding hydrogens is 214 g/mol. The summed E-state index contributed by atoms with van der Waals surface area (Å²) >= 11 is 0. The zero-order valence-electron chi connectivity index (χ0n) is 10.6. The van der Waals surface area contributed by atoms with Crippen molar-refractivity contribution in [2.75, 3.05) is 0 Å². The molecule has 0 spiro atoms. The summed E-state index contributed by atoms with van der Waals surface area (Å²) in [6.07, 6.45) is 8.87. The van der Waals surface area contributed by atoms with Gasteiger partial charge in [0.1, 0.15) is 0 Å². The van der Waals surface area contributed by atoms with Gasteiger partial charge in [0, 0.05) is 12.4 Å². The number of aromatic nitrogens is 1. The van der Waals surface area contributed by atoms with Crippen LogP contribution in [-0.4, -0.2) is 16.1 Å². The Morgan fingerprint density at radius 3 is 2.88 bits per heavy atom. The molecule has 0 aliphatic rings. The summed E-state index contributed by atoms with van der Waals surface area (Å²) < 4.78 is 0. The predicted molar refractivity (Wildman–Crippen MR) is 68.2 cm³/mol. The van der Waals surface area contributed by atoms with Crippen LogP contribution in [0.5, 0.6) is 0 Å². The van der Waals surface area contributed by atoms with Crippen LogP contribution in [0.2, 0.25) is 0 Å². The fourth-order valence-corrected chi connectivity index (χ4v) is 2.02. The fourth-order valence-electron chi connectivity index (χ4n) is 2.02. The van der Waals surface area contributed by atoms with Gasteiger partial charge < -0.3 is 5.11 Å². The molecule has 1 atom stereocenters. The van der Waals surface area contributed by atoms with Crippen molar-refractivity contribution in [3.8, 4) is 0 Å². The number of carboxylic acids is 1. The van der Waals surface area contributed by atoms with Crippen molar-refractivity contribution in [3.05, 3.63) is 29.6 Å². The molecule has 3 heteroatoms. The van der Waals surface area contributed by atoms with Gasteiger partial charge in [-0.1, -0.05) is 39.5 Å². The Hall–Kier alpha value is -1.38. The number of nitrogens with zero attached hydrogens (tertiary/aromatic N) is 1. The molecule has 0 aliphatic carbocycles. The minimum atomic E-state index is -0.858. The maximum Gasteiger partial charge on any atom is 0.336 e. The lowest BCUT2D eigenvalue weighted by Crippen LogP contribution is -2.07. The van der Waals surface area contributed by atoms with E-state index in [0.29, 0.717) is 11.5 Å². The van der Waals surface area contributed by atoms with Crippen LogP contribution in [-0.2, 0) is 6.42 Å². The first-order valence-corrected chi connectivity index (χ1v) is 6.31. The summed E-state index contributed by atoms with van der Waals surface area (Å²) in [7, 11) is 0. The van der Waals surface area contributed by atoms with Gasteiger partial charge in [-0.25, -0.2) is 4.79 Å². The molecule has 0 bridgehead atoms. The second-order valence-corrected chi connectivity index (χ2v) is 4.64. The van der Waals surface area contributed by atoms with Crippen LogP contribution in [0.4, 0.5) is 0 Å². The first kappa shape index (κ1) is 13.7. The van der Waals surface area contributed by atoms with Crippen LogP contribution < -0.4 is 0 Å². The van der Waals surface area contributed by atoms with Gasteiger partial charge in [0.2, 0.25) is 0 Å². The van der Waals surface area contributed by atoms with Crippen molar-refractivity contribution in [3.63, 3.8) is 0 Å².